The summed E-state index contributed by atoms with van der Waals surface area (Å²) in [6, 6.07) is 3.33. The van der Waals surface area contributed by atoms with Gasteiger partial charge in [-0.2, -0.15) is 9.40 Å². The summed E-state index contributed by atoms with van der Waals surface area (Å²) in [6.45, 7) is 1.15. The zero-order chi connectivity index (χ0) is 18.9. The van der Waals surface area contributed by atoms with Crippen LogP contribution in [0.5, 0.6) is 0 Å². The molecule has 1 unspecified atom stereocenters. The fourth-order valence-corrected chi connectivity index (χ4v) is 6.83. The van der Waals surface area contributed by atoms with Gasteiger partial charge in [-0.15, -0.1) is 11.3 Å². The fourth-order valence-electron chi connectivity index (χ4n) is 3.14. The molecule has 1 fully saturated rings. The van der Waals surface area contributed by atoms with Gasteiger partial charge in [-0.1, -0.05) is 0 Å². The van der Waals surface area contributed by atoms with Crippen LogP contribution in [0, 0.1) is 5.92 Å². The SMILES string of the molecule is CN(Cc1cnn(C)c1)C(=O)C1CCCN(S(=O)(=O)c2ccc(Br)s2)C1. The van der Waals surface area contributed by atoms with E-state index in [-0.39, 0.29) is 18.4 Å². The van der Waals surface area contributed by atoms with Crippen LogP contribution in [0.4, 0.5) is 0 Å². The third-order valence-corrected chi connectivity index (χ3v) is 8.39. The Labute approximate surface area is 165 Å². The van der Waals surface area contributed by atoms with Crippen molar-refractivity contribution in [2.24, 2.45) is 13.0 Å². The molecule has 142 valence electrons. The van der Waals surface area contributed by atoms with Crippen molar-refractivity contribution in [1.29, 1.82) is 0 Å². The number of amides is 1. The van der Waals surface area contributed by atoms with Crippen molar-refractivity contribution in [1.82, 2.24) is 19.0 Å². The molecule has 1 aliphatic heterocycles. The lowest BCUT2D eigenvalue weighted by Crippen LogP contribution is -2.45. The van der Waals surface area contributed by atoms with E-state index in [2.05, 4.69) is 21.0 Å². The largest absolute Gasteiger partial charge is 0.341 e. The monoisotopic (exact) mass is 460 g/mol. The van der Waals surface area contributed by atoms with Crippen molar-refractivity contribution < 1.29 is 13.2 Å². The van der Waals surface area contributed by atoms with Gasteiger partial charge in [-0.3, -0.25) is 9.48 Å². The van der Waals surface area contributed by atoms with Gasteiger partial charge in [0.25, 0.3) is 10.0 Å². The van der Waals surface area contributed by atoms with E-state index in [0.29, 0.717) is 30.1 Å². The summed E-state index contributed by atoms with van der Waals surface area (Å²) >= 11 is 4.49. The molecule has 0 N–H and O–H groups in total. The Morgan fingerprint density at radius 2 is 2.23 bits per heavy atom. The predicted molar refractivity (Wildman–Crippen MR) is 103 cm³/mol. The van der Waals surface area contributed by atoms with Crippen molar-refractivity contribution in [2.75, 3.05) is 20.1 Å². The van der Waals surface area contributed by atoms with Crippen LogP contribution >= 0.6 is 27.3 Å². The van der Waals surface area contributed by atoms with Gasteiger partial charge in [0.05, 0.1) is 15.9 Å². The molecule has 0 aromatic carbocycles. The summed E-state index contributed by atoms with van der Waals surface area (Å²) in [6.07, 6.45) is 4.99. The number of sulfonamides is 1. The van der Waals surface area contributed by atoms with E-state index in [4.69, 9.17) is 0 Å². The first kappa shape index (κ1) is 19.5. The number of hydrogen-bond acceptors (Lipinski definition) is 5. The van der Waals surface area contributed by atoms with E-state index >= 15 is 0 Å². The number of rotatable bonds is 5. The Balaban J connectivity index is 1.68. The van der Waals surface area contributed by atoms with Gasteiger partial charge in [0, 0.05) is 45.5 Å². The number of nitrogens with zero attached hydrogens (tertiary/aromatic N) is 4. The Morgan fingerprint density at radius 3 is 2.85 bits per heavy atom. The lowest BCUT2D eigenvalue weighted by Gasteiger charge is -2.32. The quantitative estimate of drug-likeness (QED) is 0.685. The van der Waals surface area contributed by atoms with Crippen molar-refractivity contribution in [2.45, 2.75) is 23.6 Å². The Bertz CT molecular complexity index is 893. The Hall–Kier alpha value is -1.23. The molecule has 0 saturated carbocycles. The highest BCUT2D eigenvalue weighted by Crippen LogP contribution is 2.31. The van der Waals surface area contributed by atoms with Gasteiger partial charge >= 0.3 is 0 Å². The van der Waals surface area contributed by atoms with E-state index < -0.39 is 10.0 Å². The van der Waals surface area contributed by atoms with Crippen LogP contribution in [0.2, 0.25) is 0 Å². The van der Waals surface area contributed by atoms with Gasteiger partial charge in [0.15, 0.2) is 0 Å². The average Bonchev–Trinajstić information content (AvgIpc) is 3.23. The molecular formula is C16H21BrN4O3S2. The number of carbonyl (C=O) groups is 1. The zero-order valence-corrected chi connectivity index (χ0v) is 17.8. The van der Waals surface area contributed by atoms with Crippen LogP contribution in [0.1, 0.15) is 18.4 Å². The van der Waals surface area contributed by atoms with Crippen molar-refractivity contribution >= 4 is 43.2 Å². The van der Waals surface area contributed by atoms with Crippen LogP contribution in [-0.2, 0) is 28.4 Å². The van der Waals surface area contributed by atoms with E-state index in [1.54, 1.807) is 35.0 Å². The number of halogens is 1. The minimum absolute atomic E-state index is 0.0267. The second kappa shape index (κ2) is 7.79. The maximum absolute atomic E-state index is 12.8. The minimum Gasteiger partial charge on any atom is -0.341 e. The predicted octanol–water partition coefficient (Wildman–Crippen LogP) is 2.30. The molecule has 7 nitrogen and oxygen atoms in total. The van der Waals surface area contributed by atoms with Crippen LogP contribution in [-0.4, -0.2) is 53.4 Å². The van der Waals surface area contributed by atoms with Crippen molar-refractivity contribution in [3.8, 4) is 0 Å². The summed E-state index contributed by atoms with van der Waals surface area (Å²) in [5, 5.41) is 4.11. The number of aromatic nitrogens is 2. The Morgan fingerprint density at radius 1 is 1.46 bits per heavy atom. The van der Waals surface area contributed by atoms with Crippen LogP contribution in [0.25, 0.3) is 0 Å². The molecule has 0 bridgehead atoms. The van der Waals surface area contributed by atoms with Crippen molar-refractivity contribution in [3.63, 3.8) is 0 Å². The number of thiophene rings is 1. The van der Waals surface area contributed by atoms with Gasteiger partial charge in [0.1, 0.15) is 4.21 Å². The van der Waals surface area contributed by atoms with Crippen LogP contribution in [0.15, 0.2) is 32.5 Å². The maximum Gasteiger partial charge on any atom is 0.252 e. The van der Waals surface area contributed by atoms with Gasteiger partial charge < -0.3 is 4.90 Å². The topological polar surface area (TPSA) is 75.5 Å². The molecule has 3 heterocycles. The first-order valence-electron chi connectivity index (χ1n) is 8.25. The number of piperidine rings is 1. The lowest BCUT2D eigenvalue weighted by molar-refractivity contribution is -0.135. The molecule has 1 amide bonds. The smallest absolute Gasteiger partial charge is 0.252 e. The molecule has 0 radical (unpaired) electrons. The first-order chi connectivity index (χ1) is 12.3. The molecule has 1 aliphatic rings. The molecule has 0 aliphatic carbocycles. The highest BCUT2D eigenvalue weighted by atomic mass is 79.9. The number of aryl methyl sites for hydroxylation is 1. The van der Waals surface area contributed by atoms with Crippen LogP contribution < -0.4 is 0 Å². The maximum atomic E-state index is 12.8. The molecular weight excluding hydrogens is 440 g/mol. The summed E-state index contributed by atoms with van der Waals surface area (Å²) < 4.78 is 29.8. The van der Waals surface area contributed by atoms with Gasteiger partial charge in [-0.25, -0.2) is 8.42 Å². The highest BCUT2D eigenvalue weighted by Gasteiger charge is 2.35. The number of carbonyl (C=O) groups excluding carboxylic acids is 1. The second-order valence-electron chi connectivity index (χ2n) is 6.48. The van der Waals surface area contributed by atoms with E-state index in [0.717, 1.165) is 9.35 Å². The molecule has 1 atom stereocenters. The van der Waals surface area contributed by atoms with E-state index in [1.165, 1.54) is 15.6 Å². The number of hydrogen-bond donors (Lipinski definition) is 0. The average molecular weight is 461 g/mol. The Kier molecular flexibility index (Phi) is 5.85. The summed E-state index contributed by atoms with van der Waals surface area (Å²) in [5.74, 6) is -0.343. The fraction of sp³-hybridized carbons (Fsp3) is 0.500. The molecule has 1 saturated heterocycles. The van der Waals surface area contributed by atoms with Crippen LogP contribution in [0.3, 0.4) is 0 Å². The molecule has 3 rings (SSSR count). The van der Waals surface area contributed by atoms with Gasteiger partial charge in [-0.05, 0) is 40.9 Å². The standard InChI is InChI=1S/C16H21BrN4O3S2/c1-19(9-12-8-18-20(2)10-12)16(22)13-4-3-7-21(11-13)26(23,24)15-6-5-14(17)25-15/h5-6,8,10,13H,3-4,7,9,11H2,1-2H3. The van der Waals surface area contributed by atoms with E-state index in [9.17, 15) is 13.2 Å². The van der Waals surface area contributed by atoms with Gasteiger partial charge in [0.2, 0.25) is 5.91 Å². The third kappa shape index (κ3) is 4.19. The second-order valence-corrected chi connectivity index (χ2v) is 11.1. The first-order valence-corrected chi connectivity index (χ1v) is 11.3. The molecule has 10 heteroatoms. The molecule has 2 aromatic rings. The lowest BCUT2D eigenvalue weighted by atomic mass is 9.98. The van der Waals surface area contributed by atoms with E-state index in [1.807, 2.05) is 13.2 Å². The third-order valence-electron chi connectivity index (χ3n) is 4.43. The molecule has 0 spiro atoms. The zero-order valence-electron chi connectivity index (χ0n) is 14.6. The van der Waals surface area contributed by atoms with Crippen molar-refractivity contribution in [3.05, 3.63) is 33.9 Å². The minimum atomic E-state index is -3.55. The summed E-state index contributed by atoms with van der Waals surface area (Å²) in [7, 11) is 0.0295. The molecule has 2 aromatic heterocycles. The summed E-state index contributed by atoms with van der Waals surface area (Å²) in [4.78, 5) is 14.4. The molecule has 26 heavy (non-hydrogen) atoms. The normalized spacial score (nSPS) is 18.8. The summed E-state index contributed by atoms with van der Waals surface area (Å²) in [5.41, 5.74) is 0.951. The highest BCUT2D eigenvalue weighted by molar-refractivity contribution is 9.11.